The van der Waals surface area contributed by atoms with Gasteiger partial charge in [0.05, 0.1) is 17.2 Å². The number of hydrogen-bond donors (Lipinski definition) is 2. The quantitative estimate of drug-likeness (QED) is 0.743. The van der Waals surface area contributed by atoms with Gasteiger partial charge in [-0.1, -0.05) is 43.7 Å². The molecule has 164 valence electrons. The first-order valence-corrected chi connectivity index (χ1v) is 10.9. The molecule has 0 saturated carbocycles. The maximum Gasteiger partial charge on any atom is 0.253 e. The highest BCUT2D eigenvalue weighted by Crippen LogP contribution is 2.22. The van der Waals surface area contributed by atoms with Crippen LogP contribution in [0.2, 0.25) is 0 Å². The van der Waals surface area contributed by atoms with E-state index < -0.39 is 0 Å². The molecule has 0 bridgehead atoms. The number of likely N-dealkylation sites (tertiary alicyclic amines) is 1. The number of hydrogen-bond acceptors (Lipinski definition) is 3. The summed E-state index contributed by atoms with van der Waals surface area (Å²) >= 11 is 0. The first-order valence-electron chi connectivity index (χ1n) is 10.9. The van der Waals surface area contributed by atoms with Crippen molar-refractivity contribution in [3.05, 3.63) is 65.2 Å². The van der Waals surface area contributed by atoms with E-state index in [1.807, 2.05) is 45.0 Å². The maximum atomic E-state index is 13.0. The van der Waals surface area contributed by atoms with E-state index in [0.29, 0.717) is 48.8 Å². The summed E-state index contributed by atoms with van der Waals surface area (Å²) in [6, 6.07) is 14.5. The number of piperidine rings is 1. The van der Waals surface area contributed by atoms with Gasteiger partial charge in [-0.25, -0.2) is 0 Å². The number of para-hydroxylation sites is 1. The van der Waals surface area contributed by atoms with Gasteiger partial charge in [0.25, 0.3) is 11.8 Å². The number of rotatable bonds is 6. The van der Waals surface area contributed by atoms with Crippen molar-refractivity contribution >= 4 is 23.4 Å². The largest absolute Gasteiger partial charge is 0.352 e. The van der Waals surface area contributed by atoms with Gasteiger partial charge in [-0.15, -0.1) is 0 Å². The Bertz CT molecular complexity index is 937. The van der Waals surface area contributed by atoms with Gasteiger partial charge >= 0.3 is 0 Å². The minimum atomic E-state index is -0.310. The molecule has 0 aliphatic carbocycles. The molecule has 1 fully saturated rings. The second-order valence-corrected chi connectivity index (χ2v) is 8.60. The molecule has 0 aromatic heterocycles. The minimum Gasteiger partial charge on any atom is -0.352 e. The third-order valence-electron chi connectivity index (χ3n) is 5.48. The summed E-state index contributed by atoms with van der Waals surface area (Å²) in [6.07, 6.45) is 1.48. The van der Waals surface area contributed by atoms with E-state index >= 15 is 0 Å². The average molecular weight is 422 g/mol. The number of carbonyl (C=O) groups excluding carboxylic acids is 3. The molecule has 1 aliphatic heterocycles. The normalized spacial score (nSPS) is 16.1. The average Bonchev–Trinajstić information content (AvgIpc) is 2.78. The number of amides is 3. The van der Waals surface area contributed by atoms with Crippen molar-refractivity contribution in [3.63, 3.8) is 0 Å². The van der Waals surface area contributed by atoms with Crippen LogP contribution < -0.4 is 10.6 Å². The van der Waals surface area contributed by atoms with E-state index in [-0.39, 0.29) is 23.6 Å². The number of aryl methyl sites for hydroxylation is 1. The summed E-state index contributed by atoms with van der Waals surface area (Å²) in [6.45, 7) is 7.63. The highest BCUT2D eigenvalue weighted by molar-refractivity contribution is 6.04. The topological polar surface area (TPSA) is 78.5 Å². The fourth-order valence-electron chi connectivity index (χ4n) is 3.67. The lowest BCUT2D eigenvalue weighted by atomic mass is 9.96. The molecule has 3 amide bonds. The van der Waals surface area contributed by atoms with E-state index in [1.165, 1.54) is 0 Å². The zero-order valence-corrected chi connectivity index (χ0v) is 18.5. The van der Waals surface area contributed by atoms with Gasteiger partial charge in [0, 0.05) is 25.2 Å². The van der Waals surface area contributed by atoms with Gasteiger partial charge in [-0.3, -0.25) is 14.4 Å². The predicted molar refractivity (Wildman–Crippen MR) is 122 cm³/mol. The molecule has 2 aromatic rings. The first kappa shape index (κ1) is 22.5. The first-order chi connectivity index (χ1) is 14.8. The third-order valence-corrected chi connectivity index (χ3v) is 5.48. The van der Waals surface area contributed by atoms with Crippen molar-refractivity contribution in [3.8, 4) is 0 Å². The Hall–Kier alpha value is -3.15. The molecule has 2 N–H and O–H groups in total. The van der Waals surface area contributed by atoms with E-state index in [1.54, 1.807) is 29.2 Å². The molecule has 1 aliphatic rings. The Labute approximate surface area is 184 Å². The highest BCUT2D eigenvalue weighted by atomic mass is 16.2. The Morgan fingerprint density at radius 3 is 2.48 bits per heavy atom. The lowest BCUT2D eigenvalue weighted by Gasteiger charge is -2.32. The molecule has 1 atom stereocenters. The van der Waals surface area contributed by atoms with Crippen LogP contribution in [0.5, 0.6) is 0 Å². The molecular formula is C25H31N3O3. The number of carbonyl (C=O) groups is 3. The van der Waals surface area contributed by atoms with Crippen LogP contribution in [0, 0.1) is 18.8 Å². The van der Waals surface area contributed by atoms with Gasteiger partial charge in [-0.2, -0.15) is 0 Å². The van der Waals surface area contributed by atoms with Crippen molar-refractivity contribution in [2.75, 3.05) is 25.0 Å². The van der Waals surface area contributed by atoms with Crippen LogP contribution in [0.4, 0.5) is 5.69 Å². The van der Waals surface area contributed by atoms with Crippen molar-refractivity contribution < 1.29 is 14.4 Å². The lowest BCUT2D eigenvalue weighted by Crippen LogP contribution is -2.44. The number of anilines is 1. The summed E-state index contributed by atoms with van der Waals surface area (Å²) in [5.74, 6) is -0.388. The molecule has 6 nitrogen and oxygen atoms in total. The van der Waals surface area contributed by atoms with E-state index in [2.05, 4.69) is 10.6 Å². The highest BCUT2D eigenvalue weighted by Gasteiger charge is 2.29. The van der Waals surface area contributed by atoms with Crippen molar-refractivity contribution in [2.24, 2.45) is 11.8 Å². The van der Waals surface area contributed by atoms with Crippen LogP contribution in [0.15, 0.2) is 48.5 Å². The zero-order chi connectivity index (χ0) is 22.4. The molecule has 2 aromatic carbocycles. The Morgan fingerprint density at radius 1 is 1.06 bits per heavy atom. The Balaban J connectivity index is 1.66. The molecule has 0 spiro atoms. The fourth-order valence-corrected chi connectivity index (χ4v) is 3.67. The van der Waals surface area contributed by atoms with Gasteiger partial charge < -0.3 is 15.5 Å². The van der Waals surface area contributed by atoms with Crippen LogP contribution in [-0.2, 0) is 4.79 Å². The smallest absolute Gasteiger partial charge is 0.253 e. The zero-order valence-electron chi connectivity index (χ0n) is 18.5. The van der Waals surface area contributed by atoms with Crippen LogP contribution in [-0.4, -0.2) is 42.3 Å². The molecule has 1 saturated heterocycles. The van der Waals surface area contributed by atoms with Crippen molar-refractivity contribution in [2.45, 2.75) is 33.6 Å². The van der Waals surface area contributed by atoms with Crippen LogP contribution in [0.25, 0.3) is 0 Å². The van der Waals surface area contributed by atoms with Gasteiger partial charge in [0.2, 0.25) is 5.91 Å². The molecule has 3 rings (SSSR count). The summed E-state index contributed by atoms with van der Waals surface area (Å²) in [7, 11) is 0. The number of nitrogens with one attached hydrogen (secondary N) is 2. The molecule has 0 radical (unpaired) electrons. The monoisotopic (exact) mass is 421 g/mol. The molecular weight excluding hydrogens is 390 g/mol. The number of nitrogens with zero attached hydrogens (tertiary/aromatic N) is 1. The third kappa shape index (κ3) is 5.94. The molecule has 31 heavy (non-hydrogen) atoms. The van der Waals surface area contributed by atoms with E-state index in [4.69, 9.17) is 0 Å². The molecule has 1 unspecified atom stereocenters. The van der Waals surface area contributed by atoms with Crippen molar-refractivity contribution in [1.82, 2.24) is 10.2 Å². The lowest BCUT2D eigenvalue weighted by molar-refractivity contribution is -0.121. The molecule has 6 heteroatoms. The predicted octanol–water partition coefficient (Wildman–Crippen LogP) is 3.87. The van der Waals surface area contributed by atoms with Crippen LogP contribution in [0.1, 0.15) is 53.0 Å². The minimum absolute atomic E-state index is 0.0500. The SMILES string of the molecule is Cc1ccc(C(=O)N2CCCC(C(=O)Nc3ccccc3C(=O)NCC(C)C)C2)cc1. The second-order valence-electron chi connectivity index (χ2n) is 8.60. The van der Waals surface area contributed by atoms with Gasteiger partial charge in [-0.05, 0) is 49.9 Å². The summed E-state index contributed by atoms with van der Waals surface area (Å²) in [4.78, 5) is 40.1. The standard InChI is InChI=1S/C25H31N3O3/c1-17(2)15-26-24(30)21-8-4-5-9-22(21)27-23(29)20-7-6-14-28(16-20)25(31)19-12-10-18(3)11-13-19/h4-5,8-13,17,20H,6-7,14-16H2,1-3H3,(H,26,30)(H,27,29). The Kier molecular flexibility index (Phi) is 7.45. The van der Waals surface area contributed by atoms with E-state index in [0.717, 1.165) is 12.0 Å². The van der Waals surface area contributed by atoms with Crippen LogP contribution in [0.3, 0.4) is 0 Å². The fraction of sp³-hybridized carbons (Fsp3) is 0.400. The molecule has 1 heterocycles. The maximum absolute atomic E-state index is 13.0. The van der Waals surface area contributed by atoms with Crippen molar-refractivity contribution in [1.29, 1.82) is 0 Å². The van der Waals surface area contributed by atoms with Gasteiger partial charge in [0.1, 0.15) is 0 Å². The van der Waals surface area contributed by atoms with Gasteiger partial charge in [0.15, 0.2) is 0 Å². The number of benzene rings is 2. The summed E-state index contributed by atoms with van der Waals surface area (Å²) in [5.41, 5.74) is 2.68. The summed E-state index contributed by atoms with van der Waals surface area (Å²) < 4.78 is 0. The van der Waals surface area contributed by atoms with E-state index in [9.17, 15) is 14.4 Å². The Morgan fingerprint density at radius 2 is 1.77 bits per heavy atom. The second kappa shape index (κ2) is 10.2. The summed E-state index contributed by atoms with van der Waals surface area (Å²) in [5, 5.41) is 5.81. The van der Waals surface area contributed by atoms with Crippen LogP contribution >= 0.6 is 0 Å².